The smallest absolute Gasteiger partial charge is 0.274 e. The molecule has 19 heavy (non-hydrogen) atoms. The number of aromatic nitrogens is 3. The highest BCUT2D eigenvalue weighted by molar-refractivity contribution is 5.93. The summed E-state index contributed by atoms with van der Waals surface area (Å²) in [6, 6.07) is 1.95. The number of fused-ring (bicyclic) bond motifs is 1. The lowest BCUT2D eigenvalue weighted by Crippen LogP contribution is -2.47. The van der Waals surface area contributed by atoms with E-state index < -0.39 is 0 Å². The van der Waals surface area contributed by atoms with Crippen molar-refractivity contribution >= 4 is 11.7 Å². The second-order valence-corrected chi connectivity index (χ2v) is 4.84. The lowest BCUT2D eigenvalue weighted by atomic mass is 10.0. The Morgan fingerprint density at radius 1 is 1.47 bits per heavy atom. The molecule has 3 rings (SSSR count). The molecule has 0 aliphatic carbocycles. The van der Waals surface area contributed by atoms with Gasteiger partial charge in [-0.3, -0.25) is 9.20 Å². The van der Waals surface area contributed by atoms with Gasteiger partial charge in [0.25, 0.3) is 5.91 Å². The van der Waals surface area contributed by atoms with E-state index in [1.54, 1.807) is 16.8 Å². The second kappa shape index (κ2) is 4.97. The zero-order valence-electron chi connectivity index (χ0n) is 10.7. The minimum Gasteiger partial charge on any atom is -0.333 e. The van der Waals surface area contributed by atoms with Crippen molar-refractivity contribution in [1.29, 1.82) is 0 Å². The van der Waals surface area contributed by atoms with E-state index in [1.807, 2.05) is 17.2 Å². The van der Waals surface area contributed by atoms with Crippen LogP contribution in [0.2, 0.25) is 0 Å². The molecule has 6 nitrogen and oxygen atoms in total. The predicted octanol–water partition coefficient (Wildman–Crippen LogP) is 0.683. The largest absolute Gasteiger partial charge is 0.333 e. The van der Waals surface area contributed by atoms with E-state index in [4.69, 9.17) is 5.73 Å². The number of likely N-dealkylation sites (tertiary alicyclic amines) is 1. The topological polar surface area (TPSA) is 76.5 Å². The van der Waals surface area contributed by atoms with Crippen LogP contribution in [0.3, 0.4) is 0 Å². The number of carbonyl (C=O) groups excluding carboxylic acids is 1. The molecular formula is C13H17N5O. The van der Waals surface area contributed by atoms with Gasteiger partial charge in [0, 0.05) is 37.7 Å². The van der Waals surface area contributed by atoms with Crippen LogP contribution in [0.5, 0.6) is 0 Å². The van der Waals surface area contributed by atoms with Crippen LogP contribution < -0.4 is 5.73 Å². The molecule has 1 saturated heterocycles. The maximum Gasteiger partial charge on any atom is 0.274 e. The van der Waals surface area contributed by atoms with E-state index in [9.17, 15) is 4.79 Å². The van der Waals surface area contributed by atoms with Crippen molar-refractivity contribution in [1.82, 2.24) is 19.3 Å². The Morgan fingerprint density at radius 3 is 3.16 bits per heavy atom. The van der Waals surface area contributed by atoms with Crippen molar-refractivity contribution in [3.05, 3.63) is 30.4 Å². The average molecular weight is 259 g/mol. The zero-order chi connectivity index (χ0) is 13.2. The molecular weight excluding hydrogens is 242 g/mol. The van der Waals surface area contributed by atoms with Crippen molar-refractivity contribution in [2.45, 2.75) is 25.3 Å². The van der Waals surface area contributed by atoms with E-state index in [0.717, 1.165) is 25.8 Å². The Kier molecular flexibility index (Phi) is 3.16. The summed E-state index contributed by atoms with van der Waals surface area (Å²) in [5, 5.41) is 0. The first-order valence-electron chi connectivity index (χ1n) is 6.60. The maximum absolute atomic E-state index is 12.5. The molecule has 0 saturated carbocycles. The number of amides is 1. The Morgan fingerprint density at radius 2 is 2.37 bits per heavy atom. The molecule has 0 spiro atoms. The summed E-state index contributed by atoms with van der Waals surface area (Å²) in [6.45, 7) is 1.28. The highest BCUT2D eigenvalue weighted by atomic mass is 16.2. The van der Waals surface area contributed by atoms with Gasteiger partial charge in [0.1, 0.15) is 5.69 Å². The number of imidazole rings is 1. The van der Waals surface area contributed by atoms with Crippen LogP contribution in [0, 0.1) is 0 Å². The lowest BCUT2D eigenvalue weighted by Gasteiger charge is -2.34. The third-order valence-electron chi connectivity index (χ3n) is 3.61. The molecule has 0 bridgehead atoms. The van der Waals surface area contributed by atoms with Crippen molar-refractivity contribution in [3.63, 3.8) is 0 Å². The first-order valence-corrected chi connectivity index (χ1v) is 6.60. The molecule has 1 atom stereocenters. The zero-order valence-corrected chi connectivity index (χ0v) is 10.7. The van der Waals surface area contributed by atoms with Crippen molar-refractivity contribution < 1.29 is 4.79 Å². The van der Waals surface area contributed by atoms with Crippen molar-refractivity contribution in [3.8, 4) is 0 Å². The number of piperidine rings is 1. The van der Waals surface area contributed by atoms with Crippen LogP contribution in [0.1, 0.15) is 29.8 Å². The van der Waals surface area contributed by atoms with Gasteiger partial charge in [0.2, 0.25) is 5.78 Å². The molecule has 1 aliphatic rings. The van der Waals surface area contributed by atoms with Crippen LogP contribution in [0.15, 0.2) is 24.7 Å². The molecule has 3 heterocycles. The third kappa shape index (κ3) is 2.19. The number of nitrogens with zero attached hydrogens (tertiary/aromatic N) is 4. The van der Waals surface area contributed by atoms with Gasteiger partial charge in [-0.15, -0.1) is 0 Å². The number of hydrogen-bond acceptors (Lipinski definition) is 4. The molecule has 100 valence electrons. The molecule has 2 N–H and O–H groups in total. The predicted molar refractivity (Wildman–Crippen MR) is 70.7 cm³/mol. The minimum absolute atomic E-state index is 0.0411. The normalized spacial score (nSPS) is 19.8. The minimum atomic E-state index is -0.0411. The number of rotatable bonds is 2. The summed E-state index contributed by atoms with van der Waals surface area (Å²) in [5.41, 5.74) is 6.20. The van der Waals surface area contributed by atoms with Crippen LogP contribution in [0.4, 0.5) is 0 Å². The summed E-state index contributed by atoms with van der Waals surface area (Å²) in [7, 11) is 0. The fourth-order valence-electron chi connectivity index (χ4n) is 2.59. The summed E-state index contributed by atoms with van der Waals surface area (Å²) in [5.74, 6) is 0.507. The third-order valence-corrected chi connectivity index (χ3v) is 3.61. The van der Waals surface area contributed by atoms with E-state index in [2.05, 4.69) is 9.97 Å². The van der Waals surface area contributed by atoms with E-state index in [1.165, 1.54) is 0 Å². The molecule has 2 aromatic heterocycles. The summed E-state index contributed by atoms with van der Waals surface area (Å²) in [6.07, 6.45) is 8.38. The SMILES string of the molecule is NC[C@H]1CCCCN1C(=O)c1cn2cccnc2n1. The highest BCUT2D eigenvalue weighted by Crippen LogP contribution is 2.18. The summed E-state index contributed by atoms with van der Waals surface area (Å²) < 4.78 is 1.76. The van der Waals surface area contributed by atoms with Gasteiger partial charge in [-0.25, -0.2) is 9.97 Å². The Bertz CT molecular complexity index is 560. The van der Waals surface area contributed by atoms with E-state index in [-0.39, 0.29) is 11.9 Å². The Balaban J connectivity index is 1.89. The first kappa shape index (κ1) is 12.1. The quantitative estimate of drug-likeness (QED) is 0.860. The highest BCUT2D eigenvalue weighted by Gasteiger charge is 2.27. The molecule has 1 fully saturated rings. The van der Waals surface area contributed by atoms with Crippen LogP contribution in [0.25, 0.3) is 5.78 Å². The molecule has 1 amide bonds. The van der Waals surface area contributed by atoms with Crippen LogP contribution in [-0.4, -0.2) is 44.3 Å². The summed E-state index contributed by atoms with van der Waals surface area (Å²) in [4.78, 5) is 22.8. The summed E-state index contributed by atoms with van der Waals surface area (Å²) >= 11 is 0. The molecule has 0 radical (unpaired) electrons. The van der Waals surface area contributed by atoms with Gasteiger partial charge < -0.3 is 10.6 Å². The van der Waals surface area contributed by atoms with Gasteiger partial charge in [-0.2, -0.15) is 0 Å². The van der Waals surface area contributed by atoms with Crippen LogP contribution >= 0.6 is 0 Å². The monoisotopic (exact) mass is 259 g/mol. The van der Waals surface area contributed by atoms with E-state index in [0.29, 0.717) is 18.0 Å². The molecule has 0 unspecified atom stereocenters. The number of carbonyl (C=O) groups is 1. The average Bonchev–Trinajstić information content (AvgIpc) is 2.90. The van der Waals surface area contributed by atoms with Crippen molar-refractivity contribution in [2.24, 2.45) is 5.73 Å². The molecule has 2 aromatic rings. The van der Waals surface area contributed by atoms with E-state index >= 15 is 0 Å². The van der Waals surface area contributed by atoms with Gasteiger partial charge in [-0.05, 0) is 25.3 Å². The Labute approximate surface area is 111 Å². The maximum atomic E-state index is 12.5. The fourth-order valence-corrected chi connectivity index (χ4v) is 2.59. The van der Waals surface area contributed by atoms with Gasteiger partial charge >= 0.3 is 0 Å². The molecule has 0 aromatic carbocycles. The second-order valence-electron chi connectivity index (χ2n) is 4.84. The fraction of sp³-hybridized carbons (Fsp3) is 0.462. The number of hydrogen-bond donors (Lipinski definition) is 1. The molecule has 6 heteroatoms. The van der Waals surface area contributed by atoms with Gasteiger partial charge in [0.15, 0.2) is 0 Å². The van der Waals surface area contributed by atoms with Gasteiger partial charge in [-0.1, -0.05) is 0 Å². The molecule has 1 aliphatic heterocycles. The van der Waals surface area contributed by atoms with Crippen LogP contribution in [-0.2, 0) is 0 Å². The Hall–Kier alpha value is -1.95. The van der Waals surface area contributed by atoms with Gasteiger partial charge in [0.05, 0.1) is 0 Å². The standard InChI is InChI=1S/C13H17N5O/c14-8-10-4-1-2-7-18(10)12(19)11-9-17-6-3-5-15-13(17)16-11/h3,5-6,9-10H,1-2,4,7-8,14H2/t10-/m1/s1. The first-order chi connectivity index (χ1) is 9.29. The lowest BCUT2D eigenvalue weighted by molar-refractivity contribution is 0.0618. The van der Waals surface area contributed by atoms with Crippen molar-refractivity contribution in [2.75, 3.05) is 13.1 Å². The number of nitrogens with two attached hydrogens (primary N) is 1.